The average molecular weight is 425 g/mol. The second kappa shape index (κ2) is 14.0. The van der Waals surface area contributed by atoms with Gasteiger partial charge in [-0.05, 0) is 67.9 Å². The summed E-state index contributed by atoms with van der Waals surface area (Å²) >= 11 is 0. The minimum atomic E-state index is 0.0346. The van der Waals surface area contributed by atoms with Crippen molar-refractivity contribution < 1.29 is 4.79 Å². The third kappa shape index (κ3) is 10.5. The summed E-state index contributed by atoms with van der Waals surface area (Å²) < 4.78 is 0. The van der Waals surface area contributed by atoms with E-state index in [0.29, 0.717) is 12.1 Å². The number of anilines is 3. The molecule has 0 saturated carbocycles. The van der Waals surface area contributed by atoms with Crippen LogP contribution >= 0.6 is 0 Å². The number of aliphatic imine (C=N–C) groups is 1. The van der Waals surface area contributed by atoms with Crippen LogP contribution < -0.4 is 27.8 Å². The fraction of sp³-hybridized carbons (Fsp3) is 0.417. The van der Waals surface area contributed by atoms with Gasteiger partial charge in [0.25, 0.3) is 0 Å². The van der Waals surface area contributed by atoms with Crippen LogP contribution in [0.1, 0.15) is 57.8 Å². The zero-order valence-corrected chi connectivity index (χ0v) is 18.3. The van der Waals surface area contributed by atoms with Gasteiger partial charge >= 0.3 is 0 Å². The summed E-state index contributed by atoms with van der Waals surface area (Å²) in [6, 6.07) is 15.1. The standard InChI is InChI=1S/C24H36N6O/c25-18-8-6-4-2-1-3-5-7-9-23(31)29-21-14-10-19(11-15-21)28-20-12-16-22(17-13-20)30-24(26)27/h10-17,28H,1-9,18,25H2,(H,29,31)(H4,26,27,30). The average Bonchev–Trinajstić information content (AvgIpc) is 2.75. The van der Waals surface area contributed by atoms with Crippen molar-refractivity contribution in [3.8, 4) is 0 Å². The number of rotatable bonds is 14. The van der Waals surface area contributed by atoms with E-state index in [2.05, 4.69) is 15.6 Å². The number of hydrogen-bond acceptors (Lipinski definition) is 4. The Balaban J connectivity index is 1.65. The van der Waals surface area contributed by atoms with Crippen LogP contribution in [0.2, 0.25) is 0 Å². The van der Waals surface area contributed by atoms with Gasteiger partial charge in [-0.15, -0.1) is 0 Å². The molecule has 2 aromatic rings. The molecule has 0 bridgehead atoms. The van der Waals surface area contributed by atoms with E-state index in [1.165, 1.54) is 32.1 Å². The van der Waals surface area contributed by atoms with Crippen molar-refractivity contribution in [1.29, 1.82) is 0 Å². The Labute approximate surface area is 185 Å². The van der Waals surface area contributed by atoms with Gasteiger partial charge in [-0.3, -0.25) is 4.79 Å². The van der Waals surface area contributed by atoms with Gasteiger partial charge in [-0.1, -0.05) is 38.5 Å². The van der Waals surface area contributed by atoms with Crippen molar-refractivity contribution in [1.82, 2.24) is 0 Å². The summed E-state index contributed by atoms with van der Waals surface area (Å²) in [6.45, 7) is 0.796. The Kier molecular flexibility index (Phi) is 11.0. The maximum Gasteiger partial charge on any atom is 0.224 e. The number of hydrogen-bond donors (Lipinski definition) is 5. The first-order valence-electron chi connectivity index (χ1n) is 11.1. The smallest absolute Gasteiger partial charge is 0.224 e. The number of carbonyl (C=O) groups is 1. The number of nitrogens with one attached hydrogen (secondary N) is 2. The van der Waals surface area contributed by atoms with Crippen LogP contribution in [0.4, 0.5) is 22.7 Å². The molecule has 0 aromatic heterocycles. The number of unbranched alkanes of at least 4 members (excludes halogenated alkanes) is 7. The summed E-state index contributed by atoms with van der Waals surface area (Å²) in [6.07, 6.45) is 9.96. The van der Waals surface area contributed by atoms with Crippen molar-refractivity contribution >= 4 is 34.6 Å². The Morgan fingerprint density at radius 3 is 1.74 bits per heavy atom. The largest absolute Gasteiger partial charge is 0.370 e. The molecule has 0 radical (unpaired) electrons. The van der Waals surface area contributed by atoms with Crippen LogP contribution in [0.15, 0.2) is 53.5 Å². The van der Waals surface area contributed by atoms with Crippen molar-refractivity contribution in [2.45, 2.75) is 57.8 Å². The van der Waals surface area contributed by atoms with E-state index in [4.69, 9.17) is 17.2 Å². The van der Waals surface area contributed by atoms with Gasteiger partial charge in [0, 0.05) is 23.5 Å². The summed E-state index contributed by atoms with van der Waals surface area (Å²) in [5.74, 6) is 0.103. The predicted octanol–water partition coefficient (Wildman–Crippen LogP) is 4.74. The minimum Gasteiger partial charge on any atom is -0.370 e. The summed E-state index contributed by atoms with van der Waals surface area (Å²) in [5, 5.41) is 6.27. The lowest BCUT2D eigenvalue weighted by Gasteiger charge is -2.09. The zero-order chi connectivity index (χ0) is 22.3. The number of guanidine groups is 1. The molecule has 2 aromatic carbocycles. The number of carbonyl (C=O) groups excluding carboxylic acids is 1. The van der Waals surface area contributed by atoms with E-state index >= 15 is 0 Å². The Morgan fingerprint density at radius 2 is 1.19 bits per heavy atom. The van der Waals surface area contributed by atoms with Crippen LogP contribution in [0.25, 0.3) is 0 Å². The molecule has 7 nitrogen and oxygen atoms in total. The van der Waals surface area contributed by atoms with E-state index in [0.717, 1.165) is 42.9 Å². The third-order valence-corrected chi connectivity index (χ3v) is 4.94. The van der Waals surface area contributed by atoms with Crippen molar-refractivity contribution in [3.63, 3.8) is 0 Å². The molecular weight excluding hydrogens is 388 g/mol. The molecule has 8 N–H and O–H groups in total. The number of nitrogens with two attached hydrogens (primary N) is 3. The maximum absolute atomic E-state index is 12.1. The van der Waals surface area contributed by atoms with E-state index in [-0.39, 0.29) is 11.9 Å². The Hall–Kier alpha value is -3.06. The van der Waals surface area contributed by atoms with Crippen LogP contribution in [0.5, 0.6) is 0 Å². The molecule has 31 heavy (non-hydrogen) atoms. The lowest BCUT2D eigenvalue weighted by atomic mass is 10.1. The molecule has 0 aliphatic heterocycles. The normalized spacial score (nSPS) is 10.5. The summed E-state index contributed by atoms with van der Waals surface area (Å²) in [7, 11) is 0. The van der Waals surface area contributed by atoms with E-state index in [1.54, 1.807) is 0 Å². The first-order chi connectivity index (χ1) is 15.1. The molecule has 0 unspecified atom stereocenters. The highest BCUT2D eigenvalue weighted by Crippen LogP contribution is 2.22. The van der Waals surface area contributed by atoms with Crippen LogP contribution in [-0.2, 0) is 4.79 Å². The van der Waals surface area contributed by atoms with E-state index in [1.807, 2.05) is 48.5 Å². The van der Waals surface area contributed by atoms with Crippen molar-refractivity contribution in [2.75, 3.05) is 17.2 Å². The molecule has 168 valence electrons. The lowest BCUT2D eigenvalue weighted by molar-refractivity contribution is -0.116. The fourth-order valence-corrected chi connectivity index (χ4v) is 3.29. The van der Waals surface area contributed by atoms with Gasteiger partial charge in [0.05, 0.1) is 5.69 Å². The first kappa shape index (κ1) is 24.2. The Morgan fingerprint density at radius 1 is 0.710 bits per heavy atom. The molecule has 0 fully saturated rings. The van der Waals surface area contributed by atoms with Crippen LogP contribution in [0, 0.1) is 0 Å². The van der Waals surface area contributed by atoms with Gasteiger partial charge in [0.15, 0.2) is 5.96 Å². The molecule has 0 heterocycles. The monoisotopic (exact) mass is 424 g/mol. The maximum atomic E-state index is 12.1. The summed E-state index contributed by atoms with van der Waals surface area (Å²) in [4.78, 5) is 16.1. The highest BCUT2D eigenvalue weighted by atomic mass is 16.1. The molecule has 1 amide bonds. The molecule has 2 rings (SSSR count). The fourth-order valence-electron chi connectivity index (χ4n) is 3.29. The SMILES string of the molecule is NCCCCCCCCCCC(=O)Nc1ccc(Nc2ccc(N=C(N)N)cc2)cc1. The molecule has 0 aliphatic rings. The number of nitrogens with zero attached hydrogens (tertiary/aromatic N) is 1. The number of benzene rings is 2. The van der Waals surface area contributed by atoms with Gasteiger partial charge < -0.3 is 27.8 Å². The molecule has 0 aliphatic carbocycles. The van der Waals surface area contributed by atoms with Crippen LogP contribution in [0.3, 0.4) is 0 Å². The molecule has 0 saturated heterocycles. The molecule has 0 spiro atoms. The van der Waals surface area contributed by atoms with Gasteiger partial charge in [-0.25, -0.2) is 4.99 Å². The Bertz CT molecular complexity index is 798. The number of amides is 1. The predicted molar refractivity (Wildman–Crippen MR) is 131 cm³/mol. The third-order valence-electron chi connectivity index (χ3n) is 4.94. The molecule has 0 atom stereocenters. The van der Waals surface area contributed by atoms with Gasteiger partial charge in [-0.2, -0.15) is 0 Å². The highest BCUT2D eigenvalue weighted by molar-refractivity contribution is 5.90. The second-order valence-electron chi connectivity index (χ2n) is 7.70. The lowest BCUT2D eigenvalue weighted by Crippen LogP contribution is -2.21. The molecular formula is C24H36N6O. The quantitative estimate of drug-likeness (QED) is 0.170. The second-order valence-corrected chi connectivity index (χ2v) is 7.70. The zero-order valence-electron chi connectivity index (χ0n) is 18.3. The minimum absolute atomic E-state index is 0.0346. The van der Waals surface area contributed by atoms with Gasteiger partial charge in [0.1, 0.15) is 0 Å². The topological polar surface area (TPSA) is 132 Å². The van der Waals surface area contributed by atoms with E-state index < -0.39 is 0 Å². The van der Waals surface area contributed by atoms with Crippen molar-refractivity contribution in [3.05, 3.63) is 48.5 Å². The van der Waals surface area contributed by atoms with Gasteiger partial charge in [0.2, 0.25) is 5.91 Å². The van der Waals surface area contributed by atoms with Crippen molar-refractivity contribution in [2.24, 2.45) is 22.2 Å². The van der Waals surface area contributed by atoms with Crippen LogP contribution in [-0.4, -0.2) is 18.4 Å². The summed E-state index contributed by atoms with van der Waals surface area (Å²) in [5.41, 5.74) is 19.6. The first-order valence-corrected chi connectivity index (χ1v) is 11.1. The molecule has 7 heteroatoms. The highest BCUT2D eigenvalue weighted by Gasteiger charge is 2.03. The van der Waals surface area contributed by atoms with E-state index in [9.17, 15) is 4.79 Å².